The first-order valence-corrected chi connectivity index (χ1v) is 10.3. The first-order valence-electron chi connectivity index (χ1n) is 9.56. The van der Waals surface area contributed by atoms with Gasteiger partial charge in [-0.2, -0.15) is 5.26 Å². The molecular weight excluding hydrogens is 442 g/mol. The van der Waals surface area contributed by atoms with Crippen molar-refractivity contribution < 1.29 is 13.9 Å². The van der Waals surface area contributed by atoms with Crippen molar-refractivity contribution in [3.8, 4) is 17.6 Å². The van der Waals surface area contributed by atoms with E-state index in [0.29, 0.717) is 17.3 Å². The smallest absolute Gasteiger partial charge is 0.269 e. The number of carbonyl (C=O) groups is 1. The first-order chi connectivity index (χ1) is 14.9. The maximum Gasteiger partial charge on any atom is 0.269 e. The predicted octanol–water partition coefficient (Wildman–Crippen LogP) is 5.64. The summed E-state index contributed by atoms with van der Waals surface area (Å²) in [6.45, 7) is 1.68. The molecule has 2 aromatic carbocycles. The number of carbonyl (C=O) groups excluding carboxylic acids is 1. The lowest BCUT2D eigenvalue weighted by Gasteiger charge is -2.13. The number of nitrogens with zero attached hydrogens (tertiary/aromatic N) is 2. The summed E-state index contributed by atoms with van der Waals surface area (Å²) in [5, 5.41) is 12.1. The molecule has 3 aromatic rings. The maximum absolute atomic E-state index is 15.1. The van der Waals surface area contributed by atoms with Gasteiger partial charge in [0.05, 0.1) is 22.3 Å². The van der Waals surface area contributed by atoms with E-state index in [1.54, 1.807) is 6.92 Å². The summed E-state index contributed by atoms with van der Waals surface area (Å²) in [7, 11) is 0. The van der Waals surface area contributed by atoms with Crippen molar-refractivity contribution in [1.82, 2.24) is 15.3 Å². The number of hydrogen-bond acceptors (Lipinski definition) is 4. The third-order valence-corrected chi connectivity index (χ3v) is 5.40. The molecule has 1 saturated carbocycles. The second kappa shape index (κ2) is 8.58. The van der Waals surface area contributed by atoms with Gasteiger partial charge in [0.25, 0.3) is 5.91 Å². The molecule has 0 radical (unpaired) electrons. The molecule has 0 spiro atoms. The van der Waals surface area contributed by atoms with Crippen LogP contribution in [-0.4, -0.2) is 15.9 Å². The Kier molecular flexibility index (Phi) is 5.86. The van der Waals surface area contributed by atoms with E-state index in [4.69, 9.17) is 33.2 Å². The highest BCUT2D eigenvalue weighted by atomic mass is 35.5. The first kappa shape index (κ1) is 21.2. The van der Waals surface area contributed by atoms with Crippen LogP contribution in [-0.2, 0) is 6.54 Å². The van der Waals surface area contributed by atoms with Gasteiger partial charge in [-0.15, -0.1) is 0 Å². The molecule has 0 bridgehead atoms. The number of H-pyrrole nitrogens is 1. The summed E-state index contributed by atoms with van der Waals surface area (Å²) in [6, 6.07) is 9.24. The standard InChI is InChI=1S/C22H17Cl2FN4O2/c1-11-19(29-21(28-11)13-2-3-13)22(30)27-10-14-4-5-17(24)20(18(14)25)31-16-7-12(9-26)6-15(23)8-16/h4-8,13H,2-3,10H2,1H3,(H,27,30)(H,28,29). The van der Waals surface area contributed by atoms with Crippen LogP contribution in [0.3, 0.4) is 0 Å². The Morgan fingerprint density at radius 2 is 2.13 bits per heavy atom. The third kappa shape index (κ3) is 4.66. The number of halogens is 3. The van der Waals surface area contributed by atoms with Gasteiger partial charge in [-0.05, 0) is 44.0 Å². The van der Waals surface area contributed by atoms with E-state index in [2.05, 4.69) is 15.3 Å². The number of aromatic amines is 1. The second-order valence-electron chi connectivity index (χ2n) is 7.28. The number of amides is 1. The average molecular weight is 459 g/mol. The third-order valence-electron chi connectivity index (χ3n) is 4.88. The summed E-state index contributed by atoms with van der Waals surface area (Å²) in [4.78, 5) is 20.0. The van der Waals surface area contributed by atoms with Crippen LogP contribution in [0.25, 0.3) is 0 Å². The number of aryl methyl sites for hydroxylation is 1. The number of rotatable bonds is 6. The minimum Gasteiger partial charge on any atom is -0.453 e. The molecule has 1 fully saturated rings. The van der Waals surface area contributed by atoms with Gasteiger partial charge in [0.1, 0.15) is 17.3 Å². The van der Waals surface area contributed by atoms with E-state index in [-0.39, 0.29) is 45.1 Å². The zero-order valence-corrected chi connectivity index (χ0v) is 17.9. The quantitative estimate of drug-likeness (QED) is 0.500. The van der Waals surface area contributed by atoms with Crippen LogP contribution >= 0.6 is 23.2 Å². The van der Waals surface area contributed by atoms with Crippen molar-refractivity contribution in [1.29, 1.82) is 5.26 Å². The molecule has 1 aliphatic carbocycles. The number of nitrogens with one attached hydrogen (secondary N) is 2. The average Bonchev–Trinajstić information content (AvgIpc) is 3.51. The lowest BCUT2D eigenvalue weighted by molar-refractivity contribution is 0.0945. The summed E-state index contributed by atoms with van der Waals surface area (Å²) in [6.07, 6.45) is 2.13. The Morgan fingerprint density at radius 1 is 1.35 bits per heavy atom. The van der Waals surface area contributed by atoms with Crippen LogP contribution in [0.15, 0.2) is 30.3 Å². The summed E-state index contributed by atoms with van der Waals surface area (Å²) in [5.74, 6) is 0.0736. The van der Waals surface area contributed by atoms with Crippen LogP contribution < -0.4 is 10.1 Å². The monoisotopic (exact) mass is 458 g/mol. The number of imidazole rings is 1. The normalized spacial score (nSPS) is 13.0. The highest BCUT2D eigenvalue weighted by Crippen LogP contribution is 2.38. The largest absolute Gasteiger partial charge is 0.453 e. The Hall–Kier alpha value is -3.08. The van der Waals surface area contributed by atoms with E-state index in [1.165, 1.54) is 30.3 Å². The lowest BCUT2D eigenvalue weighted by atomic mass is 10.2. The zero-order chi connectivity index (χ0) is 22.1. The fourth-order valence-electron chi connectivity index (χ4n) is 3.13. The van der Waals surface area contributed by atoms with E-state index in [9.17, 15) is 4.79 Å². The maximum atomic E-state index is 15.1. The van der Waals surface area contributed by atoms with Crippen LogP contribution in [0.2, 0.25) is 10.0 Å². The molecule has 6 nitrogen and oxygen atoms in total. The van der Waals surface area contributed by atoms with Crippen LogP contribution in [0.5, 0.6) is 11.5 Å². The van der Waals surface area contributed by atoms with E-state index >= 15 is 4.39 Å². The molecule has 9 heteroatoms. The fraction of sp³-hybridized carbons (Fsp3) is 0.227. The van der Waals surface area contributed by atoms with Crippen LogP contribution in [0.4, 0.5) is 4.39 Å². The van der Waals surface area contributed by atoms with Crippen molar-refractivity contribution in [2.45, 2.75) is 32.2 Å². The minimum atomic E-state index is -0.716. The van der Waals surface area contributed by atoms with Crippen molar-refractivity contribution in [3.63, 3.8) is 0 Å². The second-order valence-corrected chi connectivity index (χ2v) is 8.12. The van der Waals surface area contributed by atoms with Crippen molar-refractivity contribution >= 4 is 29.1 Å². The minimum absolute atomic E-state index is 0.0459. The van der Waals surface area contributed by atoms with Crippen molar-refractivity contribution in [2.75, 3.05) is 0 Å². The van der Waals surface area contributed by atoms with E-state index < -0.39 is 5.82 Å². The molecule has 1 aromatic heterocycles. The Morgan fingerprint density at radius 3 is 2.84 bits per heavy atom. The van der Waals surface area contributed by atoms with Gasteiger partial charge in [0, 0.05) is 23.0 Å². The Bertz CT molecular complexity index is 1210. The van der Waals surface area contributed by atoms with E-state index in [1.807, 2.05) is 6.07 Å². The molecule has 31 heavy (non-hydrogen) atoms. The number of benzene rings is 2. The molecule has 0 aliphatic heterocycles. The van der Waals surface area contributed by atoms with Crippen molar-refractivity contribution in [3.05, 3.63) is 74.5 Å². The summed E-state index contributed by atoms with van der Waals surface area (Å²) in [5.41, 5.74) is 1.43. The van der Waals surface area contributed by atoms with Gasteiger partial charge in [-0.25, -0.2) is 9.37 Å². The number of nitriles is 1. The highest BCUT2D eigenvalue weighted by molar-refractivity contribution is 6.32. The molecule has 4 rings (SSSR count). The zero-order valence-electron chi connectivity index (χ0n) is 16.4. The summed E-state index contributed by atoms with van der Waals surface area (Å²) < 4.78 is 20.7. The Balaban J connectivity index is 1.51. The van der Waals surface area contributed by atoms with Gasteiger partial charge < -0.3 is 15.0 Å². The van der Waals surface area contributed by atoms with E-state index in [0.717, 1.165) is 18.7 Å². The lowest BCUT2D eigenvalue weighted by Crippen LogP contribution is -2.24. The molecule has 0 atom stereocenters. The molecule has 0 saturated heterocycles. The van der Waals surface area contributed by atoms with Gasteiger partial charge in [-0.3, -0.25) is 4.79 Å². The van der Waals surface area contributed by atoms with Gasteiger partial charge in [-0.1, -0.05) is 29.3 Å². The summed E-state index contributed by atoms with van der Waals surface area (Å²) >= 11 is 12.1. The SMILES string of the molecule is Cc1nc(C2CC2)[nH]c1C(=O)NCc1ccc(Cl)c(Oc2cc(Cl)cc(C#N)c2)c1F. The highest BCUT2D eigenvalue weighted by Gasteiger charge is 2.28. The predicted molar refractivity (Wildman–Crippen MR) is 114 cm³/mol. The van der Waals surface area contributed by atoms with Crippen molar-refractivity contribution in [2.24, 2.45) is 0 Å². The molecule has 2 N–H and O–H groups in total. The fourth-order valence-corrected chi connectivity index (χ4v) is 3.54. The molecular formula is C22H17Cl2FN4O2. The van der Waals surface area contributed by atoms with Gasteiger partial charge in [0.15, 0.2) is 11.6 Å². The van der Waals surface area contributed by atoms with Crippen LogP contribution in [0, 0.1) is 24.1 Å². The number of aromatic nitrogens is 2. The van der Waals surface area contributed by atoms with Gasteiger partial charge >= 0.3 is 0 Å². The molecule has 0 unspecified atom stereocenters. The number of hydrogen-bond donors (Lipinski definition) is 2. The number of ether oxygens (including phenoxy) is 1. The molecule has 1 aliphatic rings. The van der Waals surface area contributed by atoms with Crippen LogP contribution in [0.1, 0.15) is 51.9 Å². The topological polar surface area (TPSA) is 90.8 Å². The molecule has 1 heterocycles. The Labute approximate surface area is 188 Å². The molecule has 1 amide bonds. The molecule has 158 valence electrons. The van der Waals surface area contributed by atoms with Gasteiger partial charge in [0.2, 0.25) is 0 Å².